The molecule has 1 aliphatic rings. The fourth-order valence-corrected chi connectivity index (χ4v) is 5.22. The van der Waals surface area contributed by atoms with Gasteiger partial charge in [0.05, 0.1) is 36.9 Å². The number of hydrogen-bond donors (Lipinski definition) is 2. The number of esters is 1. The van der Waals surface area contributed by atoms with Crippen molar-refractivity contribution >= 4 is 33.3 Å². The van der Waals surface area contributed by atoms with Crippen LogP contribution in [0.4, 0.5) is 11.4 Å². The van der Waals surface area contributed by atoms with Gasteiger partial charge >= 0.3 is 5.97 Å². The molecule has 2 aromatic carbocycles. The number of amides is 1. The zero-order valence-electron chi connectivity index (χ0n) is 19.0. The molecule has 9 nitrogen and oxygen atoms in total. The van der Waals surface area contributed by atoms with Crippen molar-refractivity contribution in [3.05, 3.63) is 47.5 Å². The minimum atomic E-state index is -3.65. The molecular formula is C23H29N3O6S. The molecule has 3 rings (SSSR count). The van der Waals surface area contributed by atoms with Crippen molar-refractivity contribution in [1.29, 1.82) is 0 Å². The molecule has 178 valence electrons. The molecule has 10 heteroatoms. The predicted molar refractivity (Wildman–Crippen MR) is 125 cm³/mol. The highest BCUT2D eigenvalue weighted by atomic mass is 32.2. The Balaban J connectivity index is 1.71. The number of piperidine rings is 1. The number of anilines is 2. The number of aryl methyl sites for hydroxylation is 1. The normalized spacial score (nSPS) is 14.4. The van der Waals surface area contributed by atoms with E-state index < -0.39 is 16.0 Å². The van der Waals surface area contributed by atoms with E-state index in [9.17, 15) is 18.0 Å². The van der Waals surface area contributed by atoms with Crippen LogP contribution in [0.2, 0.25) is 0 Å². The molecule has 0 unspecified atom stereocenters. The summed E-state index contributed by atoms with van der Waals surface area (Å²) in [5.74, 6) is -0.453. The summed E-state index contributed by atoms with van der Waals surface area (Å²) in [6, 6.07) is 9.43. The maximum Gasteiger partial charge on any atom is 0.337 e. The van der Waals surface area contributed by atoms with E-state index in [1.54, 1.807) is 18.2 Å². The van der Waals surface area contributed by atoms with Crippen molar-refractivity contribution in [3.63, 3.8) is 0 Å². The lowest BCUT2D eigenvalue weighted by molar-refractivity contribution is -0.114. The minimum absolute atomic E-state index is 0.0648. The third kappa shape index (κ3) is 5.82. The molecule has 0 atom stereocenters. The number of rotatable bonds is 8. The van der Waals surface area contributed by atoms with Crippen LogP contribution >= 0.6 is 0 Å². The van der Waals surface area contributed by atoms with E-state index in [0.717, 1.165) is 24.8 Å². The number of hydrogen-bond acceptors (Lipinski definition) is 7. The SMILES string of the molecule is COC(=O)c1ccc(NCC(=O)Nc2cc(S(=O)(=O)N3CCCCC3)ccc2OC)c(C)c1. The predicted octanol–water partition coefficient (Wildman–Crippen LogP) is 3.02. The lowest BCUT2D eigenvalue weighted by Gasteiger charge is -2.26. The van der Waals surface area contributed by atoms with Crippen LogP contribution in [0.25, 0.3) is 0 Å². The van der Waals surface area contributed by atoms with Crippen LogP contribution < -0.4 is 15.4 Å². The van der Waals surface area contributed by atoms with Gasteiger partial charge in [-0.2, -0.15) is 4.31 Å². The summed E-state index contributed by atoms with van der Waals surface area (Å²) in [4.78, 5) is 24.3. The summed E-state index contributed by atoms with van der Waals surface area (Å²) < 4.78 is 37.5. The van der Waals surface area contributed by atoms with E-state index in [2.05, 4.69) is 10.6 Å². The fourth-order valence-electron chi connectivity index (χ4n) is 3.68. The van der Waals surface area contributed by atoms with Crippen molar-refractivity contribution in [1.82, 2.24) is 4.31 Å². The second-order valence-electron chi connectivity index (χ2n) is 7.75. The topological polar surface area (TPSA) is 114 Å². The molecule has 1 heterocycles. The maximum absolute atomic E-state index is 13.0. The van der Waals surface area contributed by atoms with Crippen molar-refractivity contribution < 1.29 is 27.5 Å². The van der Waals surface area contributed by atoms with E-state index in [0.29, 0.717) is 30.1 Å². The van der Waals surface area contributed by atoms with Crippen LogP contribution in [0.15, 0.2) is 41.3 Å². The molecule has 1 aliphatic heterocycles. The number of carbonyl (C=O) groups is 2. The molecular weight excluding hydrogens is 446 g/mol. The maximum atomic E-state index is 13.0. The monoisotopic (exact) mass is 475 g/mol. The molecule has 0 aliphatic carbocycles. The number of nitrogens with one attached hydrogen (secondary N) is 2. The Kier molecular flexibility index (Phi) is 7.93. The van der Waals surface area contributed by atoms with Gasteiger partial charge in [0, 0.05) is 18.8 Å². The first-order valence-electron chi connectivity index (χ1n) is 10.7. The van der Waals surface area contributed by atoms with Crippen LogP contribution in [0.1, 0.15) is 35.2 Å². The van der Waals surface area contributed by atoms with Crippen LogP contribution in [0.5, 0.6) is 5.75 Å². The zero-order chi connectivity index (χ0) is 24.0. The Morgan fingerprint density at radius 2 is 1.73 bits per heavy atom. The highest BCUT2D eigenvalue weighted by molar-refractivity contribution is 7.89. The summed E-state index contributed by atoms with van der Waals surface area (Å²) >= 11 is 0. The fraction of sp³-hybridized carbons (Fsp3) is 0.391. The van der Waals surface area contributed by atoms with E-state index >= 15 is 0 Å². The average Bonchev–Trinajstić information content (AvgIpc) is 2.83. The van der Waals surface area contributed by atoms with Gasteiger partial charge in [0.1, 0.15) is 5.75 Å². The van der Waals surface area contributed by atoms with E-state index in [-0.39, 0.29) is 23.0 Å². The molecule has 1 saturated heterocycles. The number of nitrogens with zero attached hydrogens (tertiary/aromatic N) is 1. The third-order valence-electron chi connectivity index (χ3n) is 5.48. The lowest BCUT2D eigenvalue weighted by atomic mass is 10.1. The van der Waals surface area contributed by atoms with Gasteiger partial charge in [-0.1, -0.05) is 6.42 Å². The smallest absolute Gasteiger partial charge is 0.337 e. The second kappa shape index (κ2) is 10.7. The van der Waals surface area contributed by atoms with Crippen molar-refractivity contribution in [2.75, 3.05) is 44.5 Å². The second-order valence-corrected chi connectivity index (χ2v) is 9.69. The first-order chi connectivity index (χ1) is 15.8. The van der Waals surface area contributed by atoms with Gasteiger partial charge in [0.2, 0.25) is 15.9 Å². The molecule has 1 fully saturated rings. The molecule has 0 aromatic heterocycles. The quantitative estimate of drug-likeness (QED) is 0.564. The summed E-state index contributed by atoms with van der Waals surface area (Å²) in [5.41, 5.74) is 2.16. The molecule has 0 saturated carbocycles. The molecule has 0 bridgehead atoms. The summed E-state index contributed by atoms with van der Waals surface area (Å²) in [5, 5.41) is 5.74. The molecule has 2 N–H and O–H groups in total. The van der Waals surface area contributed by atoms with Gasteiger partial charge < -0.3 is 20.1 Å². The summed E-state index contributed by atoms with van der Waals surface area (Å²) in [6.45, 7) is 2.73. The van der Waals surface area contributed by atoms with Crippen LogP contribution in [0, 0.1) is 6.92 Å². The van der Waals surface area contributed by atoms with Crippen molar-refractivity contribution in [3.8, 4) is 5.75 Å². The highest BCUT2D eigenvalue weighted by Crippen LogP contribution is 2.30. The van der Waals surface area contributed by atoms with E-state index in [1.165, 1.54) is 36.7 Å². The lowest BCUT2D eigenvalue weighted by Crippen LogP contribution is -2.35. The largest absolute Gasteiger partial charge is 0.495 e. The molecule has 2 aromatic rings. The van der Waals surface area contributed by atoms with Crippen molar-refractivity contribution in [2.24, 2.45) is 0 Å². The Labute approximate surface area is 194 Å². The number of benzene rings is 2. The average molecular weight is 476 g/mol. The standard InChI is InChI=1S/C23H29N3O6S/c1-16-13-17(23(28)32-3)7-9-19(16)24-15-22(27)25-20-14-18(8-10-21(20)31-2)33(29,30)26-11-5-4-6-12-26/h7-10,13-14,24H,4-6,11-12,15H2,1-3H3,(H,25,27). The zero-order valence-corrected chi connectivity index (χ0v) is 19.8. The number of sulfonamides is 1. The highest BCUT2D eigenvalue weighted by Gasteiger charge is 2.27. The molecule has 0 radical (unpaired) electrons. The molecule has 1 amide bonds. The summed E-state index contributed by atoms with van der Waals surface area (Å²) in [6.07, 6.45) is 2.70. The van der Waals surface area contributed by atoms with Crippen LogP contribution in [-0.2, 0) is 19.6 Å². The van der Waals surface area contributed by atoms with Crippen molar-refractivity contribution in [2.45, 2.75) is 31.1 Å². The van der Waals surface area contributed by atoms with Gasteiger partial charge in [0.15, 0.2) is 0 Å². The van der Waals surface area contributed by atoms with Crippen LogP contribution in [0.3, 0.4) is 0 Å². The minimum Gasteiger partial charge on any atom is -0.495 e. The van der Waals surface area contributed by atoms with Gasteiger partial charge in [-0.05, 0) is 61.7 Å². The summed E-state index contributed by atoms with van der Waals surface area (Å²) in [7, 11) is -0.879. The Hall–Kier alpha value is -3.11. The first kappa shape index (κ1) is 24.5. The molecule has 0 spiro atoms. The Morgan fingerprint density at radius 1 is 1.00 bits per heavy atom. The first-order valence-corrected chi connectivity index (χ1v) is 12.1. The van der Waals surface area contributed by atoms with E-state index in [1.807, 2.05) is 6.92 Å². The van der Waals surface area contributed by atoms with E-state index in [4.69, 9.17) is 9.47 Å². The third-order valence-corrected chi connectivity index (χ3v) is 7.38. The Bertz CT molecular complexity index is 1130. The molecule has 33 heavy (non-hydrogen) atoms. The number of methoxy groups -OCH3 is 2. The van der Waals surface area contributed by atoms with Gasteiger partial charge in [0.25, 0.3) is 0 Å². The van der Waals surface area contributed by atoms with Gasteiger partial charge in [-0.3, -0.25) is 4.79 Å². The van der Waals surface area contributed by atoms with Gasteiger partial charge in [-0.25, -0.2) is 13.2 Å². The van der Waals surface area contributed by atoms with Crippen LogP contribution in [-0.4, -0.2) is 58.5 Å². The number of ether oxygens (including phenoxy) is 2. The van der Waals surface area contributed by atoms with Gasteiger partial charge in [-0.15, -0.1) is 0 Å². The number of carbonyl (C=O) groups excluding carboxylic acids is 2. The Morgan fingerprint density at radius 3 is 2.36 bits per heavy atom.